The molecule has 0 aromatic carbocycles. The Hall–Kier alpha value is -0.775. The second-order valence-corrected chi connectivity index (χ2v) is 4.04. The van der Waals surface area contributed by atoms with Crippen LogP contribution in [-0.4, -0.2) is 28.8 Å². The summed E-state index contributed by atoms with van der Waals surface area (Å²) in [6.07, 6.45) is 1.33. The average Bonchev–Trinajstić information content (AvgIpc) is 2.15. The molecule has 0 atom stereocenters. The fourth-order valence-corrected chi connectivity index (χ4v) is 1.16. The van der Waals surface area contributed by atoms with E-state index in [1.807, 2.05) is 13.8 Å². The molecule has 0 amide bonds. The minimum absolute atomic E-state index is 0.247. The highest BCUT2D eigenvalue weighted by atomic mass is 35.5. The van der Waals surface area contributed by atoms with Gasteiger partial charge in [0.1, 0.15) is 5.02 Å². The average molecular weight is 229 g/mol. The first-order valence-electron chi connectivity index (χ1n) is 4.65. The highest BCUT2D eigenvalue weighted by Gasteiger charge is 2.14. The second-order valence-electron chi connectivity index (χ2n) is 3.63. The third-order valence-corrected chi connectivity index (χ3v) is 1.95. The largest absolute Gasteiger partial charge is 0.490 e. The third-order valence-electron chi connectivity index (χ3n) is 1.68. The van der Waals surface area contributed by atoms with Crippen LogP contribution in [0.25, 0.3) is 0 Å². The number of hydrogen-bond acceptors (Lipinski definition) is 4. The van der Waals surface area contributed by atoms with E-state index < -0.39 is 7.12 Å². The minimum Gasteiger partial charge on any atom is -0.476 e. The summed E-state index contributed by atoms with van der Waals surface area (Å²) >= 11 is 5.85. The summed E-state index contributed by atoms with van der Waals surface area (Å²) in [6.45, 7) is 4.55. The number of aromatic nitrogens is 1. The van der Waals surface area contributed by atoms with E-state index >= 15 is 0 Å². The summed E-state index contributed by atoms with van der Waals surface area (Å²) in [5.41, 5.74) is 0.247. The summed E-state index contributed by atoms with van der Waals surface area (Å²) in [5, 5.41) is 18.0. The van der Waals surface area contributed by atoms with E-state index in [0.717, 1.165) is 0 Å². The fourth-order valence-electron chi connectivity index (χ4n) is 0.933. The van der Waals surface area contributed by atoms with Crippen molar-refractivity contribution in [1.82, 2.24) is 4.98 Å². The predicted octanol–water partition coefficient (Wildman–Crippen LogP) is 0.450. The molecule has 6 heteroatoms. The van der Waals surface area contributed by atoms with Gasteiger partial charge in [-0.2, -0.15) is 0 Å². The fraction of sp³-hybridized carbons (Fsp3) is 0.444. The Balaban J connectivity index is 2.75. The lowest BCUT2D eigenvalue weighted by Gasteiger charge is -2.09. The van der Waals surface area contributed by atoms with E-state index in [1.54, 1.807) is 0 Å². The third kappa shape index (κ3) is 3.70. The molecule has 0 aliphatic carbocycles. The number of hydrogen-bond donors (Lipinski definition) is 2. The molecule has 0 aliphatic rings. The molecule has 15 heavy (non-hydrogen) atoms. The molecule has 1 rings (SSSR count). The molecule has 0 bridgehead atoms. The molecule has 0 spiro atoms. The normalized spacial score (nSPS) is 10.5. The van der Waals surface area contributed by atoms with Crippen LogP contribution in [0.3, 0.4) is 0 Å². The second kappa shape index (κ2) is 5.35. The lowest BCUT2D eigenvalue weighted by Crippen LogP contribution is -2.30. The zero-order valence-corrected chi connectivity index (χ0v) is 9.40. The van der Waals surface area contributed by atoms with Crippen molar-refractivity contribution in [1.29, 1.82) is 0 Å². The van der Waals surface area contributed by atoms with E-state index in [2.05, 4.69) is 4.98 Å². The summed E-state index contributed by atoms with van der Waals surface area (Å²) in [5.74, 6) is 0.695. The van der Waals surface area contributed by atoms with Crippen molar-refractivity contribution in [3.63, 3.8) is 0 Å². The number of halogens is 1. The Morgan fingerprint density at radius 3 is 2.67 bits per heavy atom. The van der Waals surface area contributed by atoms with Gasteiger partial charge in [0.15, 0.2) is 0 Å². The number of rotatable bonds is 4. The lowest BCUT2D eigenvalue weighted by atomic mass is 9.82. The minimum atomic E-state index is -1.56. The van der Waals surface area contributed by atoms with E-state index in [0.29, 0.717) is 18.4 Å². The molecule has 0 saturated carbocycles. The number of nitrogens with zero attached hydrogens (tertiary/aromatic N) is 1. The summed E-state index contributed by atoms with van der Waals surface area (Å²) in [4.78, 5) is 3.90. The maximum atomic E-state index is 8.87. The van der Waals surface area contributed by atoms with Gasteiger partial charge in [-0.05, 0) is 12.0 Å². The summed E-state index contributed by atoms with van der Waals surface area (Å²) in [7, 11) is -1.56. The zero-order valence-electron chi connectivity index (χ0n) is 8.64. The van der Waals surface area contributed by atoms with Gasteiger partial charge in [0, 0.05) is 11.7 Å². The number of ether oxygens (including phenoxy) is 1. The maximum Gasteiger partial charge on any atom is 0.490 e. The first-order valence-corrected chi connectivity index (χ1v) is 5.03. The molecular formula is C9H13BClNO3. The first kappa shape index (κ1) is 12.3. The Labute approximate surface area is 94.0 Å². The van der Waals surface area contributed by atoms with Crippen LogP contribution in [-0.2, 0) is 0 Å². The van der Waals surface area contributed by atoms with Gasteiger partial charge >= 0.3 is 7.12 Å². The molecule has 0 aliphatic heterocycles. The van der Waals surface area contributed by atoms with Crippen LogP contribution in [0.5, 0.6) is 5.88 Å². The highest BCUT2D eigenvalue weighted by Crippen LogP contribution is 2.19. The maximum absolute atomic E-state index is 8.87. The van der Waals surface area contributed by atoms with Gasteiger partial charge < -0.3 is 14.8 Å². The van der Waals surface area contributed by atoms with Crippen LogP contribution in [0.4, 0.5) is 0 Å². The van der Waals surface area contributed by atoms with Crippen molar-refractivity contribution in [3.8, 4) is 5.88 Å². The van der Waals surface area contributed by atoms with E-state index in [-0.39, 0.29) is 10.5 Å². The van der Waals surface area contributed by atoms with Gasteiger partial charge in [0.05, 0.1) is 6.61 Å². The molecule has 2 N–H and O–H groups in total. The molecule has 4 nitrogen and oxygen atoms in total. The van der Waals surface area contributed by atoms with Gasteiger partial charge in [0.2, 0.25) is 5.88 Å². The van der Waals surface area contributed by atoms with Crippen LogP contribution in [0, 0.1) is 5.92 Å². The van der Waals surface area contributed by atoms with Crippen LogP contribution in [0.15, 0.2) is 12.3 Å². The van der Waals surface area contributed by atoms with Crippen molar-refractivity contribution >= 4 is 24.2 Å². The Morgan fingerprint density at radius 2 is 2.20 bits per heavy atom. The van der Waals surface area contributed by atoms with Crippen molar-refractivity contribution in [3.05, 3.63) is 17.3 Å². The van der Waals surface area contributed by atoms with Gasteiger partial charge in [-0.3, -0.25) is 0 Å². The van der Waals surface area contributed by atoms with Gasteiger partial charge in [-0.15, -0.1) is 0 Å². The van der Waals surface area contributed by atoms with Gasteiger partial charge in [-0.1, -0.05) is 25.4 Å². The Kier molecular flexibility index (Phi) is 4.38. The Bertz CT molecular complexity index is 333. The van der Waals surface area contributed by atoms with E-state index in [4.69, 9.17) is 26.4 Å². The Morgan fingerprint density at radius 1 is 1.53 bits per heavy atom. The number of pyridine rings is 1. The molecule has 0 radical (unpaired) electrons. The molecule has 0 saturated heterocycles. The highest BCUT2D eigenvalue weighted by molar-refractivity contribution is 6.58. The van der Waals surface area contributed by atoms with Crippen LogP contribution in [0.2, 0.25) is 5.02 Å². The standard InChI is InChI=1S/C9H13BClNO3/c1-6(2)5-15-9-8(11)3-7(4-12-9)10(13)14/h3-4,6,13-14H,5H2,1-2H3. The van der Waals surface area contributed by atoms with E-state index in [1.165, 1.54) is 12.3 Å². The van der Waals surface area contributed by atoms with Crippen molar-refractivity contribution < 1.29 is 14.8 Å². The lowest BCUT2D eigenvalue weighted by molar-refractivity contribution is 0.261. The monoisotopic (exact) mass is 229 g/mol. The quantitative estimate of drug-likeness (QED) is 0.736. The summed E-state index contributed by atoms with van der Waals surface area (Å²) in [6, 6.07) is 1.43. The smallest absolute Gasteiger partial charge is 0.476 e. The first-order chi connectivity index (χ1) is 7.00. The van der Waals surface area contributed by atoms with Crippen LogP contribution in [0.1, 0.15) is 13.8 Å². The van der Waals surface area contributed by atoms with Crippen LogP contribution < -0.4 is 10.2 Å². The molecular weight excluding hydrogens is 216 g/mol. The topological polar surface area (TPSA) is 62.6 Å². The molecule has 1 heterocycles. The van der Waals surface area contributed by atoms with E-state index in [9.17, 15) is 0 Å². The predicted molar refractivity (Wildman–Crippen MR) is 59.4 cm³/mol. The molecule has 1 aromatic heterocycles. The zero-order chi connectivity index (χ0) is 11.4. The van der Waals surface area contributed by atoms with Gasteiger partial charge in [-0.25, -0.2) is 4.98 Å². The molecule has 1 aromatic rings. The van der Waals surface area contributed by atoms with Gasteiger partial charge in [0.25, 0.3) is 0 Å². The van der Waals surface area contributed by atoms with Crippen LogP contribution >= 0.6 is 11.6 Å². The molecule has 0 unspecified atom stereocenters. The molecule has 82 valence electrons. The van der Waals surface area contributed by atoms with Crippen molar-refractivity contribution in [2.45, 2.75) is 13.8 Å². The SMILES string of the molecule is CC(C)COc1ncc(B(O)O)cc1Cl. The molecule has 0 fully saturated rings. The van der Waals surface area contributed by atoms with Crippen molar-refractivity contribution in [2.75, 3.05) is 6.61 Å². The van der Waals surface area contributed by atoms with Crippen molar-refractivity contribution in [2.24, 2.45) is 5.92 Å². The summed E-state index contributed by atoms with van der Waals surface area (Å²) < 4.78 is 5.33.